The molecule has 0 saturated carbocycles. The van der Waals surface area contributed by atoms with Crippen LogP contribution in [0.2, 0.25) is 0 Å². The van der Waals surface area contributed by atoms with Gasteiger partial charge < -0.3 is 50.8 Å². The van der Waals surface area contributed by atoms with Crippen LogP contribution < -0.4 is 5.32 Å². The van der Waals surface area contributed by atoms with E-state index >= 15 is 0 Å². The van der Waals surface area contributed by atoms with Crippen LogP contribution >= 0.6 is 0 Å². The molecule has 0 spiro atoms. The van der Waals surface area contributed by atoms with Gasteiger partial charge in [0, 0.05) is 25.3 Å². The summed E-state index contributed by atoms with van der Waals surface area (Å²) in [5.41, 5.74) is 0. The summed E-state index contributed by atoms with van der Waals surface area (Å²) in [6, 6.07) is -0.446. The van der Waals surface area contributed by atoms with Crippen molar-refractivity contribution in [1.29, 1.82) is 0 Å². The van der Waals surface area contributed by atoms with Crippen molar-refractivity contribution in [2.75, 3.05) is 24.6 Å². The fourth-order valence-electron chi connectivity index (χ4n) is 1.11. The molecule has 0 aliphatic heterocycles. The van der Waals surface area contributed by atoms with Crippen LogP contribution in [-0.4, -0.2) is 48.4 Å². The molecule has 0 rings (SSSR count). The second-order valence-corrected chi connectivity index (χ2v) is 4.05. The first kappa shape index (κ1) is 21.9. The van der Waals surface area contributed by atoms with E-state index in [9.17, 15) is 14.4 Å². The SMILES string of the molecule is CC(=O)NCCC(C[N-]C(=O)C[S-])[N-]C(=O)C[S-].[O]=[Tc+4]. The number of rotatable bonds is 8. The molecule has 3 amide bonds. The molecule has 0 radical (unpaired) electrons. The van der Waals surface area contributed by atoms with Gasteiger partial charge in [0.05, 0.1) is 0 Å². The summed E-state index contributed by atoms with van der Waals surface area (Å²) in [5, 5.41) is 10.1. The Balaban J connectivity index is 0. The quantitative estimate of drug-likeness (QED) is 0.555. The van der Waals surface area contributed by atoms with Gasteiger partial charge in [-0.05, 0) is 0 Å². The monoisotopic (exact) mass is 402 g/mol. The minimum atomic E-state index is -0.446. The Kier molecular flexibility index (Phi) is 16.3. The molecule has 0 fully saturated rings. The topological polar surface area (TPSA) is 109 Å². The molecule has 113 valence electrons. The molecule has 0 aromatic heterocycles. The van der Waals surface area contributed by atoms with E-state index in [2.05, 4.69) is 41.2 Å². The Morgan fingerprint density at radius 2 is 1.70 bits per heavy atom. The number of nitrogens with zero attached hydrogens (tertiary/aromatic N) is 2. The molecule has 10 heteroatoms. The van der Waals surface area contributed by atoms with E-state index in [-0.39, 0.29) is 24.0 Å². The second kappa shape index (κ2) is 15.0. The van der Waals surface area contributed by atoms with E-state index in [1.165, 1.54) is 6.92 Å². The van der Waals surface area contributed by atoms with E-state index in [4.69, 9.17) is 3.50 Å². The van der Waals surface area contributed by atoms with Crippen LogP contribution in [0.1, 0.15) is 13.3 Å². The fraction of sp³-hybridized carbons (Fsp3) is 0.700. The van der Waals surface area contributed by atoms with Crippen LogP contribution in [0.3, 0.4) is 0 Å². The average molecular weight is 403 g/mol. The van der Waals surface area contributed by atoms with Crippen molar-refractivity contribution in [3.8, 4) is 0 Å². The van der Waals surface area contributed by atoms with E-state index < -0.39 is 17.9 Å². The summed E-state index contributed by atoms with van der Waals surface area (Å²) < 4.78 is 8.22. The first-order valence-corrected chi connectivity index (χ1v) is 7.41. The van der Waals surface area contributed by atoms with E-state index in [1.54, 1.807) is 0 Å². The van der Waals surface area contributed by atoms with E-state index in [1.807, 2.05) is 0 Å². The van der Waals surface area contributed by atoms with Crippen LogP contribution in [-0.2, 0) is 62.0 Å². The molecule has 0 aromatic carbocycles. The van der Waals surface area contributed by atoms with E-state index in [0.717, 1.165) is 18.9 Å². The number of hydrogen-bond donors (Lipinski definition) is 1. The molecule has 0 heterocycles. The maximum atomic E-state index is 11.1. The summed E-state index contributed by atoms with van der Waals surface area (Å²) in [6.07, 6.45) is 0.425. The van der Waals surface area contributed by atoms with Crippen LogP contribution in [0.25, 0.3) is 10.6 Å². The zero-order valence-electron chi connectivity index (χ0n) is 10.8. The van der Waals surface area contributed by atoms with Gasteiger partial charge in [-0.25, -0.2) is 0 Å². The number of carbonyl (C=O) groups excluding carboxylic acids is 3. The van der Waals surface area contributed by atoms with Crippen LogP contribution in [0.5, 0.6) is 0 Å². The van der Waals surface area contributed by atoms with Gasteiger partial charge in [0.1, 0.15) is 0 Å². The Labute approximate surface area is 139 Å². The summed E-state index contributed by atoms with van der Waals surface area (Å²) in [7, 11) is 0. The van der Waals surface area contributed by atoms with Crippen LogP contribution in [0.4, 0.5) is 0 Å². The predicted molar refractivity (Wildman–Crippen MR) is 73.8 cm³/mol. The van der Waals surface area contributed by atoms with Crippen molar-refractivity contribution >= 4 is 43.0 Å². The fourth-order valence-corrected chi connectivity index (χ4v) is 1.27. The Morgan fingerprint density at radius 1 is 1.15 bits per heavy atom. The van der Waals surface area contributed by atoms with Crippen molar-refractivity contribution in [3.63, 3.8) is 0 Å². The third-order valence-electron chi connectivity index (χ3n) is 1.90. The predicted octanol–water partition coefficient (Wildman–Crippen LogP) is -0.346. The maximum absolute atomic E-state index is 11.1. The molecular formula is C10H15N3O4S2Tc. The van der Waals surface area contributed by atoms with Gasteiger partial charge >= 0.3 is 22.4 Å². The number of amides is 3. The summed E-state index contributed by atoms with van der Waals surface area (Å²) in [5.74, 6) is -1.18. The van der Waals surface area contributed by atoms with E-state index in [0.29, 0.717) is 13.0 Å². The minimum absolute atomic E-state index is 0.0899. The van der Waals surface area contributed by atoms with Crippen molar-refractivity contribution in [3.05, 3.63) is 10.6 Å². The second-order valence-electron chi connectivity index (χ2n) is 3.47. The van der Waals surface area contributed by atoms with Gasteiger partial charge in [-0.1, -0.05) is 6.42 Å². The third kappa shape index (κ3) is 14.0. The first-order valence-electron chi connectivity index (χ1n) is 5.49. The molecule has 1 atom stereocenters. The van der Waals surface area contributed by atoms with Crippen molar-refractivity contribution < 1.29 is 36.7 Å². The van der Waals surface area contributed by atoms with Gasteiger partial charge in [-0.2, -0.15) is 0 Å². The Bertz CT molecular complexity index is 321. The molecular weight excluding hydrogens is 388 g/mol. The molecule has 1 unspecified atom stereocenters. The van der Waals surface area contributed by atoms with Gasteiger partial charge in [-0.3, -0.25) is 4.79 Å². The van der Waals surface area contributed by atoms with Gasteiger partial charge in [-0.15, -0.1) is 24.1 Å². The molecule has 0 aliphatic carbocycles. The van der Waals surface area contributed by atoms with Gasteiger partial charge in [0.2, 0.25) is 5.91 Å². The molecule has 0 bridgehead atoms. The molecule has 20 heavy (non-hydrogen) atoms. The van der Waals surface area contributed by atoms with Crippen LogP contribution in [0, 0.1) is 0 Å². The zero-order valence-corrected chi connectivity index (χ0v) is 14.3. The first-order chi connectivity index (χ1) is 9.49. The van der Waals surface area contributed by atoms with Gasteiger partial charge in [0.25, 0.3) is 0 Å². The summed E-state index contributed by atoms with van der Waals surface area (Å²) >= 11 is 10.0. The van der Waals surface area contributed by atoms with Crippen molar-refractivity contribution in [2.45, 2.75) is 19.4 Å². The van der Waals surface area contributed by atoms with Crippen LogP contribution in [0.15, 0.2) is 0 Å². The number of nitrogens with one attached hydrogen (secondary N) is 1. The third-order valence-corrected chi connectivity index (χ3v) is 2.40. The van der Waals surface area contributed by atoms with Gasteiger partial charge in [0.15, 0.2) is 0 Å². The molecule has 7 nitrogen and oxygen atoms in total. The summed E-state index contributed by atoms with van der Waals surface area (Å²) in [6.45, 7) is 1.85. The molecule has 0 saturated heterocycles. The zero-order chi connectivity index (χ0) is 16.0. The Hall–Kier alpha value is -0.441. The van der Waals surface area contributed by atoms with Crippen molar-refractivity contribution in [2.24, 2.45) is 0 Å². The average Bonchev–Trinajstić information content (AvgIpc) is 2.45. The number of carbonyl (C=O) groups is 3. The molecule has 0 aliphatic rings. The number of hydrogen-bond acceptors (Lipinski definition) is 6. The molecule has 0 aromatic rings. The normalized spacial score (nSPS) is 10.7. The Morgan fingerprint density at radius 3 is 2.15 bits per heavy atom. The van der Waals surface area contributed by atoms with Crippen molar-refractivity contribution in [1.82, 2.24) is 5.32 Å². The molecule has 1 N–H and O–H groups in total. The summed E-state index contributed by atoms with van der Waals surface area (Å²) in [4.78, 5) is 32.8. The standard InChI is InChI=1S/C10H19N3O3S2.O.Tc/c1-7(14)11-3-2-8(13-10(16)6-18)4-12-9(15)5-17;;/h8H,2-6H2,1H3,(H5,11,12,13,14,15,16,17,18);;/q;;+4/p-4.